The molecular weight excluding hydrogens is 633 g/mol. The normalized spacial score (nSPS) is 13.9. The van der Waals surface area contributed by atoms with Gasteiger partial charge in [-0.2, -0.15) is 0 Å². The van der Waals surface area contributed by atoms with Gasteiger partial charge in [-0.05, 0) is 109 Å². The van der Waals surface area contributed by atoms with E-state index >= 15 is 0 Å². The Morgan fingerprint density at radius 1 is 0.490 bits per heavy atom. The molecule has 9 rings (SSSR count). The zero-order chi connectivity index (χ0) is 35.6. The minimum Gasteiger partial charge on any atom is -0.311 e. The second-order valence-electron chi connectivity index (χ2n) is 17.9. The number of rotatable bonds is 2. The first-order valence-corrected chi connectivity index (χ1v) is 19.3. The van der Waals surface area contributed by atoms with E-state index < -0.39 is 0 Å². The standard InChI is InChI=1S/C48H46BNS/c1-46(2,3)30-17-21-33(22-18-30)50-40-24-20-32(48(7,8)9)28-39(40)49-38-27-31(47(4,5)6)19-23-35(38)37-25-29(26-41(50)45(37)49)34-14-12-16-43-44(34)36-13-10-11-15-42(36)51-43/h10-28H,1-9H3. The summed E-state index contributed by atoms with van der Waals surface area (Å²) in [5.74, 6) is 0. The maximum absolute atomic E-state index is 2.56. The van der Waals surface area contributed by atoms with Gasteiger partial charge < -0.3 is 4.90 Å². The number of hydrogen-bond acceptors (Lipinski definition) is 2. The molecule has 0 atom stereocenters. The summed E-state index contributed by atoms with van der Waals surface area (Å²) in [6, 6.07) is 44.7. The first-order valence-electron chi connectivity index (χ1n) is 18.5. The summed E-state index contributed by atoms with van der Waals surface area (Å²) in [7, 11) is 0. The molecule has 0 saturated heterocycles. The van der Waals surface area contributed by atoms with E-state index in [1.807, 2.05) is 11.3 Å². The van der Waals surface area contributed by atoms with Crippen molar-refractivity contribution in [2.75, 3.05) is 4.90 Å². The molecule has 51 heavy (non-hydrogen) atoms. The maximum Gasteiger partial charge on any atom is 0.248 e. The highest BCUT2D eigenvalue weighted by Gasteiger charge is 2.44. The summed E-state index contributed by atoms with van der Waals surface area (Å²) in [6.07, 6.45) is 0. The Balaban J connectivity index is 1.38. The summed E-state index contributed by atoms with van der Waals surface area (Å²) in [5, 5.41) is 2.69. The Morgan fingerprint density at radius 3 is 1.82 bits per heavy atom. The van der Waals surface area contributed by atoms with E-state index in [1.165, 1.54) is 92.6 Å². The molecule has 7 aromatic rings. The molecule has 252 valence electrons. The van der Waals surface area contributed by atoms with Gasteiger partial charge >= 0.3 is 0 Å². The van der Waals surface area contributed by atoms with Crippen LogP contribution in [0.25, 0.3) is 42.4 Å². The van der Waals surface area contributed by atoms with Crippen molar-refractivity contribution in [2.45, 2.75) is 78.6 Å². The number of hydrogen-bond donors (Lipinski definition) is 0. The molecule has 0 radical (unpaired) electrons. The quantitative estimate of drug-likeness (QED) is 0.164. The van der Waals surface area contributed by atoms with Crippen LogP contribution in [0.4, 0.5) is 17.1 Å². The highest BCUT2D eigenvalue weighted by Crippen LogP contribution is 2.46. The van der Waals surface area contributed by atoms with Gasteiger partial charge in [-0.25, -0.2) is 0 Å². The van der Waals surface area contributed by atoms with Gasteiger partial charge in [0.05, 0.1) is 0 Å². The summed E-state index contributed by atoms with van der Waals surface area (Å²) < 4.78 is 2.68. The molecular formula is C48H46BNS. The predicted octanol–water partition coefficient (Wildman–Crippen LogP) is 11.9. The van der Waals surface area contributed by atoms with Crippen LogP contribution in [0.5, 0.6) is 0 Å². The van der Waals surface area contributed by atoms with Crippen molar-refractivity contribution in [1.82, 2.24) is 0 Å². The highest BCUT2D eigenvalue weighted by molar-refractivity contribution is 7.26. The number of thiophene rings is 1. The average Bonchev–Trinajstić information content (AvgIpc) is 3.63. The Hall–Kier alpha value is -4.60. The Kier molecular flexibility index (Phi) is 6.94. The predicted molar refractivity (Wildman–Crippen MR) is 226 cm³/mol. The molecule has 0 amide bonds. The lowest BCUT2D eigenvalue weighted by Crippen LogP contribution is -2.55. The molecule has 3 heteroatoms. The van der Waals surface area contributed by atoms with Crippen LogP contribution in [0.1, 0.15) is 79.0 Å². The molecule has 2 aliphatic heterocycles. The lowest BCUT2D eigenvalue weighted by molar-refractivity contribution is 0.590. The molecule has 0 aliphatic carbocycles. The molecule has 0 bridgehead atoms. The van der Waals surface area contributed by atoms with Crippen LogP contribution in [0.2, 0.25) is 0 Å². The van der Waals surface area contributed by atoms with Gasteiger partial charge in [0.25, 0.3) is 0 Å². The minimum atomic E-state index is 0.0395. The SMILES string of the molecule is CC(C)(C)c1ccc(N2c3ccc(C(C)(C)C)cc3B3c4cc(C(C)(C)C)ccc4-c4cc(-c5cccc6sc7ccccc7c56)cc2c43)cc1. The number of benzene rings is 6. The van der Waals surface area contributed by atoms with Crippen molar-refractivity contribution in [3.8, 4) is 22.3 Å². The molecule has 0 N–H and O–H groups in total. The van der Waals surface area contributed by atoms with E-state index in [9.17, 15) is 0 Å². The zero-order valence-electron chi connectivity index (χ0n) is 31.4. The van der Waals surface area contributed by atoms with Crippen LogP contribution in [0, 0.1) is 0 Å². The summed E-state index contributed by atoms with van der Waals surface area (Å²) in [6.45, 7) is 21.1. The second kappa shape index (κ2) is 11.0. The molecule has 1 aromatic heterocycles. The molecule has 6 aromatic carbocycles. The van der Waals surface area contributed by atoms with Gasteiger partial charge in [-0.3, -0.25) is 0 Å². The Morgan fingerprint density at radius 2 is 1.12 bits per heavy atom. The summed E-state index contributed by atoms with van der Waals surface area (Å²) in [5.41, 5.74) is 17.6. The van der Waals surface area contributed by atoms with E-state index in [-0.39, 0.29) is 23.0 Å². The van der Waals surface area contributed by atoms with Crippen molar-refractivity contribution in [3.63, 3.8) is 0 Å². The van der Waals surface area contributed by atoms with Gasteiger partial charge in [-0.15, -0.1) is 11.3 Å². The second-order valence-corrected chi connectivity index (χ2v) is 19.0. The van der Waals surface area contributed by atoms with E-state index in [0.29, 0.717) is 0 Å². The molecule has 0 saturated carbocycles. The van der Waals surface area contributed by atoms with Crippen LogP contribution in [-0.2, 0) is 16.2 Å². The monoisotopic (exact) mass is 679 g/mol. The largest absolute Gasteiger partial charge is 0.311 e. The van der Waals surface area contributed by atoms with Crippen molar-refractivity contribution in [2.24, 2.45) is 0 Å². The van der Waals surface area contributed by atoms with E-state index in [4.69, 9.17) is 0 Å². The molecule has 0 fully saturated rings. The molecule has 0 unspecified atom stereocenters. The molecule has 3 heterocycles. The average molecular weight is 680 g/mol. The number of anilines is 3. The zero-order valence-corrected chi connectivity index (χ0v) is 32.2. The van der Waals surface area contributed by atoms with Gasteiger partial charge in [0.2, 0.25) is 6.71 Å². The van der Waals surface area contributed by atoms with Crippen LogP contribution < -0.4 is 21.3 Å². The third-order valence-corrected chi connectivity index (χ3v) is 12.5. The van der Waals surface area contributed by atoms with Gasteiger partial charge in [0.15, 0.2) is 0 Å². The Bertz CT molecular complexity index is 2530. The molecule has 1 nitrogen and oxygen atoms in total. The van der Waals surface area contributed by atoms with Crippen LogP contribution in [0.15, 0.2) is 115 Å². The number of fused-ring (bicyclic) bond motifs is 8. The van der Waals surface area contributed by atoms with Gasteiger partial charge in [0, 0.05) is 37.2 Å². The van der Waals surface area contributed by atoms with E-state index in [2.05, 4.69) is 182 Å². The fourth-order valence-corrected chi connectivity index (χ4v) is 9.62. The highest BCUT2D eigenvalue weighted by atomic mass is 32.1. The van der Waals surface area contributed by atoms with Gasteiger partial charge in [-0.1, -0.05) is 141 Å². The van der Waals surface area contributed by atoms with Crippen molar-refractivity contribution >= 4 is 71.7 Å². The van der Waals surface area contributed by atoms with Crippen molar-refractivity contribution in [3.05, 3.63) is 132 Å². The fraction of sp³-hybridized carbons (Fsp3) is 0.250. The lowest BCUT2D eigenvalue weighted by atomic mass is 9.36. The van der Waals surface area contributed by atoms with E-state index in [1.54, 1.807) is 0 Å². The van der Waals surface area contributed by atoms with Crippen molar-refractivity contribution in [1.29, 1.82) is 0 Å². The minimum absolute atomic E-state index is 0.0395. The molecule has 2 aliphatic rings. The molecule has 0 spiro atoms. The lowest BCUT2D eigenvalue weighted by Gasteiger charge is -2.37. The van der Waals surface area contributed by atoms with Crippen LogP contribution in [-0.4, -0.2) is 6.71 Å². The third kappa shape index (κ3) is 5.03. The van der Waals surface area contributed by atoms with E-state index in [0.717, 1.165) is 0 Å². The van der Waals surface area contributed by atoms with Crippen molar-refractivity contribution < 1.29 is 0 Å². The third-order valence-electron chi connectivity index (χ3n) is 11.4. The smallest absolute Gasteiger partial charge is 0.248 e. The maximum atomic E-state index is 2.56. The fourth-order valence-electron chi connectivity index (χ4n) is 8.49. The first-order chi connectivity index (χ1) is 24.2. The first kappa shape index (κ1) is 32.3. The Labute approximate surface area is 308 Å². The summed E-state index contributed by atoms with van der Waals surface area (Å²) >= 11 is 1.89. The van der Waals surface area contributed by atoms with Gasteiger partial charge in [0.1, 0.15) is 0 Å². The topological polar surface area (TPSA) is 3.24 Å². The van der Waals surface area contributed by atoms with Crippen LogP contribution >= 0.6 is 11.3 Å². The summed E-state index contributed by atoms with van der Waals surface area (Å²) in [4.78, 5) is 2.56. The number of nitrogens with zero attached hydrogens (tertiary/aromatic N) is 1. The van der Waals surface area contributed by atoms with Crippen LogP contribution in [0.3, 0.4) is 0 Å².